The first-order valence-electron chi connectivity index (χ1n) is 6.23. The van der Waals surface area contributed by atoms with E-state index in [4.69, 9.17) is 0 Å². The Labute approximate surface area is 116 Å². The molecule has 2 heterocycles. The van der Waals surface area contributed by atoms with Crippen LogP contribution >= 0.6 is 15.9 Å². The van der Waals surface area contributed by atoms with Crippen LogP contribution in [0.2, 0.25) is 0 Å². The molecule has 0 radical (unpaired) electrons. The largest absolute Gasteiger partial charge is 0.381 e. The van der Waals surface area contributed by atoms with E-state index in [9.17, 15) is 0 Å². The van der Waals surface area contributed by atoms with Gasteiger partial charge in [-0.15, -0.1) is 0 Å². The Morgan fingerprint density at radius 1 is 1.28 bits per heavy atom. The molecule has 0 bridgehead atoms. The Bertz CT molecular complexity index is 540. The van der Waals surface area contributed by atoms with Crippen molar-refractivity contribution in [3.63, 3.8) is 0 Å². The van der Waals surface area contributed by atoms with Gasteiger partial charge in [0.25, 0.3) is 0 Å². The van der Waals surface area contributed by atoms with E-state index in [0.717, 1.165) is 27.6 Å². The first-order valence-corrected chi connectivity index (χ1v) is 7.02. The minimum Gasteiger partial charge on any atom is -0.381 e. The molecular weight excluding hydrogens is 290 g/mol. The highest BCUT2D eigenvalue weighted by Crippen LogP contribution is 2.23. The predicted molar refractivity (Wildman–Crippen MR) is 79.8 cm³/mol. The van der Waals surface area contributed by atoms with Crippen LogP contribution in [0.25, 0.3) is 11.0 Å². The molecule has 0 aliphatic carbocycles. The summed E-state index contributed by atoms with van der Waals surface area (Å²) in [6.07, 6.45) is 4.77. The smallest absolute Gasteiger partial charge is 0.112 e. The van der Waals surface area contributed by atoms with E-state index in [-0.39, 0.29) is 0 Å². The van der Waals surface area contributed by atoms with E-state index in [1.165, 1.54) is 0 Å². The zero-order valence-electron chi connectivity index (χ0n) is 10.9. The summed E-state index contributed by atoms with van der Waals surface area (Å²) in [4.78, 5) is 8.78. The SMILES string of the molecule is CC(C)CC(C)Nc1ccnc2cc(Br)cnc12. The molecule has 1 atom stereocenters. The summed E-state index contributed by atoms with van der Waals surface area (Å²) in [5.74, 6) is 0.683. The first kappa shape index (κ1) is 13.3. The third kappa shape index (κ3) is 3.19. The van der Waals surface area contributed by atoms with E-state index >= 15 is 0 Å². The van der Waals surface area contributed by atoms with Crippen LogP contribution in [0.4, 0.5) is 5.69 Å². The van der Waals surface area contributed by atoms with Gasteiger partial charge in [0, 0.05) is 22.9 Å². The quantitative estimate of drug-likeness (QED) is 0.918. The second-order valence-corrected chi connectivity index (χ2v) is 5.97. The van der Waals surface area contributed by atoms with Crippen molar-refractivity contribution < 1.29 is 0 Å². The molecular formula is C14H18BrN3. The number of hydrogen-bond acceptors (Lipinski definition) is 3. The Balaban J connectivity index is 2.28. The molecule has 0 aliphatic heterocycles. The number of anilines is 1. The highest BCUT2D eigenvalue weighted by Gasteiger charge is 2.08. The third-order valence-corrected chi connectivity index (χ3v) is 3.20. The zero-order chi connectivity index (χ0) is 13.1. The van der Waals surface area contributed by atoms with Crippen LogP contribution in [0.3, 0.4) is 0 Å². The maximum absolute atomic E-state index is 4.44. The van der Waals surface area contributed by atoms with Crippen LogP contribution < -0.4 is 5.32 Å². The molecule has 0 saturated heterocycles. The molecule has 0 amide bonds. The number of hydrogen-bond donors (Lipinski definition) is 1. The van der Waals surface area contributed by atoms with Gasteiger partial charge in [-0.3, -0.25) is 9.97 Å². The Kier molecular flexibility index (Phi) is 4.17. The fourth-order valence-electron chi connectivity index (χ4n) is 2.15. The van der Waals surface area contributed by atoms with Crippen molar-refractivity contribution in [3.05, 3.63) is 29.0 Å². The number of nitrogens with one attached hydrogen (secondary N) is 1. The van der Waals surface area contributed by atoms with E-state index in [1.807, 2.05) is 24.5 Å². The molecule has 18 heavy (non-hydrogen) atoms. The van der Waals surface area contributed by atoms with Gasteiger partial charge in [0.05, 0.1) is 11.2 Å². The molecule has 96 valence electrons. The standard InChI is InChI=1S/C14H18BrN3/c1-9(2)6-10(3)18-12-4-5-16-13-7-11(15)8-17-14(12)13/h4-5,7-10H,6H2,1-3H3,(H,16,18). The second-order valence-electron chi connectivity index (χ2n) is 5.05. The van der Waals surface area contributed by atoms with E-state index in [1.54, 1.807) is 0 Å². The number of halogens is 1. The average Bonchev–Trinajstić information content (AvgIpc) is 2.27. The predicted octanol–water partition coefficient (Wildman–Crippen LogP) is 4.24. The Hall–Kier alpha value is -1.16. The van der Waals surface area contributed by atoms with Crippen molar-refractivity contribution in [2.45, 2.75) is 33.2 Å². The third-order valence-electron chi connectivity index (χ3n) is 2.77. The summed E-state index contributed by atoms with van der Waals surface area (Å²) < 4.78 is 0.954. The van der Waals surface area contributed by atoms with Crippen molar-refractivity contribution in [1.29, 1.82) is 0 Å². The normalized spacial score (nSPS) is 12.9. The summed E-state index contributed by atoms with van der Waals surface area (Å²) in [6, 6.07) is 4.40. The number of aromatic nitrogens is 2. The van der Waals surface area contributed by atoms with Crippen LogP contribution in [0.15, 0.2) is 29.0 Å². The van der Waals surface area contributed by atoms with Crippen LogP contribution in [-0.2, 0) is 0 Å². The number of fused-ring (bicyclic) bond motifs is 1. The van der Waals surface area contributed by atoms with Gasteiger partial charge in [0.2, 0.25) is 0 Å². The lowest BCUT2D eigenvalue weighted by Gasteiger charge is -2.18. The topological polar surface area (TPSA) is 37.8 Å². The molecule has 4 heteroatoms. The molecule has 0 fully saturated rings. The van der Waals surface area contributed by atoms with Crippen LogP contribution in [-0.4, -0.2) is 16.0 Å². The monoisotopic (exact) mass is 307 g/mol. The van der Waals surface area contributed by atoms with Crippen molar-refractivity contribution in [2.24, 2.45) is 5.92 Å². The summed E-state index contributed by atoms with van der Waals surface area (Å²) in [7, 11) is 0. The lowest BCUT2D eigenvalue weighted by Crippen LogP contribution is -2.17. The highest BCUT2D eigenvalue weighted by molar-refractivity contribution is 9.10. The van der Waals surface area contributed by atoms with E-state index in [2.05, 4.69) is 52.0 Å². The first-order chi connectivity index (χ1) is 8.56. The van der Waals surface area contributed by atoms with Gasteiger partial charge in [-0.25, -0.2) is 0 Å². The van der Waals surface area contributed by atoms with Gasteiger partial charge in [0.15, 0.2) is 0 Å². The van der Waals surface area contributed by atoms with Crippen LogP contribution in [0.1, 0.15) is 27.2 Å². The van der Waals surface area contributed by atoms with Gasteiger partial charge in [0.1, 0.15) is 5.52 Å². The van der Waals surface area contributed by atoms with Crippen molar-refractivity contribution in [1.82, 2.24) is 9.97 Å². The molecule has 1 unspecified atom stereocenters. The van der Waals surface area contributed by atoms with Crippen LogP contribution in [0.5, 0.6) is 0 Å². The number of pyridine rings is 2. The summed E-state index contributed by atoms with van der Waals surface area (Å²) in [5, 5.41) is 3.52. The molecule has 1 N–H and O–H groups in total. The Morgan fingerprint density at radius 2 is 2.06 bits per heavy atom. The average molecular weight is 308 g/mol. The summed E-state index contributed by atoms with van der Waals surface area (Å²) >= 11 is 3.42. The van der Waals surface area contributed by atoms with E-state index in [0.29, 0.717) is 12.0 Å². The number of nitrogens with zero attached hydrogens (tertiary/aromatic N) is 2. The van der Waals surface area contributed by atoms with Gasteiger partial charge >= 0.3 is 0 Å². The maximum Gasteiger partial charge on any atom is 0.112 e. The molecule has 0 aromatic carbocycles. The number of rotatable bonds is 4. The molecule has 0 spiro atoms. The van der Waals surface area contributed by atoms with Crippen molar-refractivity contribution in [2.75, 3.05) is 5.32 Å². The molecule has 2 aromatic heterocycles. The molecule has 2 aromatic rings. The minimum absolute atomic E-state index is 0.432. The maximum atomic E-state index is 4.44. The molecule has 2 rings (SSSR count). The van der Waals surface area contributed by atoms with Gasteiger partial charge in [-0.05, 0) is 47.3 Å². The fraction of sp³-hybridized carbons (Fsp3) is 0.429. The van der Waals surface area contributed by atoms with Crippen LogP contribution in [0, 0.1) is 5.92 Å². The Morgan fingerprint density at radius 3 is 2.78 bits per heavy atom. The summed E-state index contributed by atoms with van der Waals surface area (Å²) in [6.45, 7) is 6.67. The fourth-order valence-corrected chi connectivity index (χ4v) is 2.47. The lowest BCUT2D eigenvalue weighted by molar-refractivity contribution is 0.540. The minimum atomic E-state index is 0.432. The second kappa shape index (κ2) is 5.65. The van der Waals surface area contributed by atoms with Crippen molar-refractivity contribution >= 4 is 32.7 Å². The highest BCUT2D eigenvalue weighted by atomic mass is 79.9. The van der Waals surface area contributed by atoms with Crippen molar-refractivity contribution in [3.8, 4) is 0 Å². The van der Waals surface area contributed by atoms with Gasteiger partial charge in [-0.1, -0.05) is 13.8 Å². The zero-order valence-corrected chi connectivity index (χ0v) is 12.5. The van der Waals surface area contributed by atoms with Gasteiger partial charge in [-0.2, -0.15) is 0 Å². The summed E-state index contributed by atoms with van der Waals surface area (Å²) in [5.41, 5.74) is 2.89. The molecule has 3 nitrogen and oxygen atoms in total. The van der Waals surface area contributed by atoms with Gasteiger partial charge < -0.3 is 5.32 Å². The molecule has 0 saturated carbocycles. The molecule has 0 aliphatic rings. The van der Waals surface area contributed by atoms with E-state index < -0.39 is 0 Å². The lowest BCUT2D eigenvalue weighted by atomic mass is 10.1.